The van der Waals surface area contributed by atoms with E-state index in [2.05, 4.69) is 51.3 Å². The fourth-order valence-electron chi connectivity index (χ4n) is 3.33. The van der Waals surface area contributed by atoms with Gasteiger partial charge in [0, 0.05) is 25.6 Å². The van der Waals surface area contributed by atoms with Gasteiger partial charge < -0.3 is 14.5 Å². The first-order valence-corrected chi connectivity index (χ1v) is 12.0. The molecule has 186 valence electrons. The number of aromatic amines is 1. The number of aromatic nitrogens is 7. The molecule has 1 aliphatic rings. The Labute approximate surface area is 205 Å². The van der Waals surface area contributed by atoms with Gasteiger partial charge >= 0.3 is 0 Å². The van der Waals surface area contributed by atoms with Crippen molar-refractivity contribution in [2.24, 2.45) is 4.99 Å². The SMILES string of the molecule is COc1nc[nH]c(=O)c1-n1c(NS(=O)(=O)[C@@H](C)[C@H](OC)c2cnc(C)cn2)nnc1C1=C=C=CC=N1. The molecule has 1 aliphatic heterocycles. The van der Waals surface area contributed by atoms with E-state index in [1.807, 2.05) is 0 Å². The minimum atomic E-state index is -4.19. The molecule has 15 heteroatoms. The molecule has 3 aromatic heterocycles. The molecule has 0 bridgehead atoms. The number of aliphatic imine (C=N–C) groups is 1. The summed E-state index contributed by atoms with van der Waals surface area (Å²) in [5, 5.41) is 6.85. The van der Waals surface area contributed by atoms with Crippen molar-refractivity contribution in [1.82, 2.24) is 34.7 Å². The lowest BCUT2D eigenvalue weighted by Gasteiger charge is -2.22. The number of H-pyrrole nitrogens is 1. The molecule has 4 heterocycles. The number of rotatable bonds is 9. The number of allylic oxidation sites excluding steroid dienone is 1. The summed E-state index contributed by atoms with van der Waals surface area (Å²) in [5.41, 5.74) is 5.83. The first kappa shape index (κ1) is 24.7. The summed E-state index contributed by atoms with van der Waals surface area (Å²) in [5.74, 6) is -0.405. The van der Waals surface area contributed by atoms with E-state index in [4.69, 9.17) is 9.47 Å². The summed E-state index contributed by atoms with van der Waals surface area (Å²) in [6.07, 6.45) is 6.11. The third kappa shape index (κ3) is 4.72. The van der Waals surface area contributed by atoms with Crippen molar-refractivity contribution in [3.05, 3.63) is 63.8 Å². The van der Waals surface area contributed by atoms with Gasteiger partial charge in [0.15, 0.2) is 17.2 Å². The summed E-state index contributed by atoms with van der Waals surface area (Å²) in [7, 11) is -1.51. The highest BCUT2D eigenvalue weighted by atomic mass is 32.2. The van der Waals surface area contributed by atoms with Gasteiger partial charge in [-0.15, -0.1) is 10.2 Å². The molecule has 0 unspecified atom stereocenters. The predicted molar refractivity (Wildman–Crippen MR) is 128 cm³/mol. The maximum absolute atomic E-state index is 13.4. The highest BCUT2D eigenvalue weighted by molar-refractivity contribution is 7.93. The van der Waals surface area contributed by atoms with Crippen LogP contribution in [0.15, 0.2) is 46.0 Å². The fourth-order valence-corrected chi connectivity index (χ4v) is 4.48. The maximum atomic E-state index is 13.4. The standard InChI is InChI=1S/C21H21N9O5S/c1-12-9-24-15(10-23-12)17(34-3)13(2)36(32,33)29-21-28-27-18(14-7-5-6-8-22-14)30(21)16-19(31)25-11-26-20(16)35-4/h6,8-11,13,17H,1-4H3,(H,28,29)(H,25,26,31)/t13-,17-/m0/s1. The molecule has 0 aromatic carbocycles. The quantitative estimate of drug-likeness (QED) is 0.389. The summed E-state index contributed by atoms with van der Waals surface area (Å²) in [4.78, 5) is 31.8. The van der Waals surface area contributed by atoms with Gasteiger partial charge in [-0.05, 0) is 19.6 Å². The van der Waals surface area contributed by atoms with Crippen LogP contribution in [0.1, 0.15) is 30.2 Å². The molecule has 0 spiro atoms. The second kappa shape index (κ2) is 10.1. The van der Waals surface area contributed by atoms with Gasteiger partial charge in [-0.1, -0.05) is 5.73 Å². The van der Waals surface area contributed by atoms with Gasteiger partial charge in [0.1, 0.15) is 11.4 Å². The second-order valence-electron chi connectivity index (χ2n) is 7.43. The number of sulfonamides is 1. The molecule has 0 saturated carbocycles. The van der Waals surface area contributed by atoms with Gasteiger partial charge in [0.25, 0.3) is 5.56 Å². The minimum absolute atomic E-state index is 0.00157. The van der Waals surface area contributed by atoms with E-state index in [1.54, 1.807) is 6.92 Å². The lowest BCUT2D eigenvalue weighted by Crippen LogP contribution is -2.33. The molecule has 0 amide bonds. The number of ether oxygens (including phenoxy) is 2. The molecule has 36 heavy (non-hydrogen) atoms. The Morgan fingerprint density at radius 3 is 2.61 bits per heavy atom. The molecule has 0 fully saturated rings. The molecule has 2 atom stereocenters. The van der Waals surface area contributed by atoms with E-state index in [-0.39, 0.29) is 29.0 Å². The third-order valence-corrected chi connectivity index (χ3v) is 6.83. The van der Waals surface area contributed by atoms with Gasteiger partial charge in [0.05, 0.1) is 31.0 Å². The normalized spacial score (nSPS) is 14.4. The Bertz CT molecular complexity index is 1580. The minimum Gasteiger partial charge on any atom is -0.479 e. The van der Waals surface area contributed by atoms with E-state index in [0.717, 1.165) is 10.9 Å². The van der Waals surface area contributed by atoms with Crippen LogP contribution in [0.5, 0.6) is 5.88 Å². The average molecular weight is 512 g/mol. The molecule has 0 radical (unpaired) electrons. The van der Waals surface area contributed by atoms with Gasteiger partial charge in [-0.25, -0.2) is 23.0 Å². The molecular formula is C21H21N9O5S. The van der Waals surface area contributed by atoms with Crippen LogP contribution in [0, 0.1) is 6.92 Å². The van der Waals surface area contributed by atoms with E-state index >= 15 is 0 Å². The van der Waals surface area contributed by atoms with Crippen molar-refractivity contribution in [3.63, 3.8) is 0 Å². The van der Waals surface area contributed by atoms with Crippen LogP contribution in [0.4, 0.5) is 5.95 Å². The van der Waals surface area contributed by atoms with Crippen molar-refractivity contribution in [2.45, 2.75) is 25.2 Å². The van der Waals surface area contributed by atoms with Crippen LogP contribution in [-0.4, -0.2) is 68.8 Å². The van der Waals surface area contributed by atoms with Crippen LogP contribution >= 0.6 is 0 Å². The first-order chi connectivity index (χ1) is 17.3. The lowest BCUT2D eigenvalue weighted by atomic mass is 10.2. The van der Waals surface area contributed by atoms with Crippen molar-refractivity contribution in [2.75, 3.05) is 18.9 Å². The van der Waals surface area contributed by atoms with Crippen molar-refractivity contribution < 1.29 is 17.9 Å². The zero-order valence-corrected chi connectivity index (χ0v) is 20.4. The smallest absolute Gasteiger partial charge is 0.279 e. The maximum Gasteiger partial charge on any atom is 0.279 e. The monoisotopic (exact) mass is 511 g/mol. The number of hydrogen-bond donors (Lipinski definition) is 2. The number of methoxy groups -OCH3 is 2. The number of nitrogens with zero attached hydrogens (tertiary/aromatic N) is 7. The van der Waals surface area contributed by atoms with Crippen molar-refractivity contribution >= 4 is 27.9 Å². The molecule has 2 N–H and O–H groups in total. The molecule has 0 saturated heterocycles. The second-order valence-corrected chi connectivity index (χ2v) is 9.46. The molecule has 14 nitrogen and oxygen atoms in total. The van der Waals surface area contributed by atoms with Crippen LogP contribution in [0.3, 0.4) is 0 Å². The lowest BCUT2D eigenvalue weighted by molar-refractivity contribution is 0.0985. The number of anilines is 1. The van der Waals surface area contributed by atoms with Gasteiger partial charge in [-0.3, -0.25) is 19.5 Å². The molecule has 0 aliphatic carbocycles. The highest BCUT2D eigenvalue weighted by Gasteiger charge is 2.34. The Morgan fingerprint density at radius 1 is 1.17 bits per heavy atom. The summed E-state index contributed by atoms with van der Waals surface area (Å²) in [6.45, 7) is 3.20. The van der Waals surface area contributed by atoms with Crippen LogP contribution in [-0.2, 0) is 14.8 Å². The number of nitrogens with one attached hydrogen (secondary N) is 2. The van der Waals surface area contributed by atoms with E-state index in [9.17, 15) is 13.2 Å². The molecular weight excluding hydrogens is 490 g/mol. The first-order valence-electron chi connectivity index (χ1n) is 10.4. The van der Waals surface area contributed by atoms with Gasteiger partial charge in [0.2, 0.25) is 21.9 Å². The van der Waals surface area contributed by atoms with E-state index < -0.39 is 26.9 Å². The topological polar surface area (TPSA) is 179 Å². The van der Waals surface area contributed by atoms with E-state index in [1.165, 1.54) is 45.8 Å². The summed E-state index contributed by atoms with van der Waals surface area (Å²) >= 11 is 0. The molecule has 4 rings (SSSR count). The van der Waals surface area contributed by atoms with Crippen LogP contribution < -0.4 is 15.0 Å². The van der Waals surface area contributed by atoms with Crippen LogP contribution in [0.25, 0.3) is 11.4 Å². The number of aryl methyl sites for hydroxylation is 1. The van der Waals surface area contributed by atoms with Gasteiger partial charge in [-0.2, -0.15) is 0 Å². The Morgan fingerprint density at radius 2 is 1.97 bits per heavy atom. The van der Waals surface area contributed by atoms with Crippen molar-refractivity contribution in [1.29, 1.82) is 0 Å². The predicted octanol–water partition coefficient (Wildman–Crippen LogP) is 0.711. The Hall–Kier alpha value is -4.42. The Balaban J connectivity index is 1.82. The fraction of sp³-hybridized carbons (Fsp3) is 0.286. The van der Waals surface area contributed by atoms with E-state index in [0.29, 0.717) is 11.4 Å². The highest BCUT2D eigenvalue weighted by Crippen LogP contribution is 2.29. The third-order valence-electron chi connectivity index (χ3n) is 5.13. The number of hydrogen-bond acceptors (Lipinski definition) is 11. The van der Waals surface area contributed by atoms with Crippen LogP contribution in [0.2, 0.25) is 0 Å². The zero-order chi connectivity index (χ0) is 25.9. The average Bonchev–Trinajstić information content (AvgIpc) is 3.28. The molecule has 3 aromatic rings. The Kier molecular flexibility index (Phi) is 6.90. The van der Waals surface area contributed by atoms with Crippen molar-refractivity contribution in [3.8, 4) is 11.6 Å². The summed E-state index contributed by atoms with van der Waals surface area (Å²) < 4.78 is 41.1. The zero-order valence-electron chi connectivity index (χ0n) is 19.6. The summed E-state index contributed by atoms with van der Waals surface area (Å²) in [6, 6.07) is 0. The largest absolute Gasteiger partial charge is 0.479 e.